The highest BCUT2D eigenvalue weighted by molar-refractivity contribution is 5.67. The van der Waals surface area contributed by atoms with Gasteiger partial charge < -0.3 is 20.3 Å². The van der Waals surface area contributed by atoms with Crippen molar-refractivity contribution in [2.75, 3.05) is 32.1 Å². The van der Waals surface area contributed by atoms with Gasteiger partial charge in [-0.3, -0.25) is 4.98 Å². The summed E-state index contributed by atoms with van der Waals surface area (Å²) < 4.78 is 4.62. The second-order valence-electron chi connectivity index (χ2n) is 5.02. The van der Waals surface area contributed by atoms with Gasteiger partial charge in [0.05, 0.1) is 30.7 Å². The fourth-order valence-electron chi connectivity index (χ4n) is 2.33. The summed E-state index contributed by atoms with van der Waals surface area (Å²) in [7, 11) is 3.30. The molecule has 2 atom stereocenters. The second-order valence-corrected chi connectivity index (χ2v) is 5.02. The van der Waals surface area contributed by atoms with Gasteiger partial charge in [0.25, 0.3) is 0 Å². The van der Waals surface area contributed by atoms with Gasteiger partial charge in [-0.05, 0) is 32.5 Å². The molecule has 2 rings (SSSR count). The van der Waals surface area contributed by atoms with Crippen LogP contribution in [0.5, 0.6) is 0 Å². The molecule has 1 aliphatic heterocycles. The highest BCUT2D eigenvalue weighted by atomic mass is 16.5. The Morgan fingerprint density at radius 3 is 2.95 bits per heavy atom. The average Bonchev–Trinajstić information content (AvgIpc) is 2.95. The van der Waals surface area contributed by atoms with Gasteiger partial charge in [0, 0.05) is 19.1 Å². The number of nitrogens with one attached hydrogen (secondary N) is 2. The first-order valence-corrected chi connectivity index (χ1v) is 6.86. The maximum atomic E-state index is 11.2. The molecule has 0 aliphatic carbocycles. The molecule has 0 aromatic carbocycles. The number of carbonyl (C=O) groups excluding carboxylic acids is 1. The summed E-state index contributed by atoms with van der Waals surface area (Å²) in [4.78, 5) is 17.9. The van der Waals surface area contributed by atoms with Gasteiger partial charge in [0.1, 0.15) is 0 Å². The van der Waals surface area contributed by atoms with Crippen LogP contribution >= 0.6 is 0 Å². The van der Waals surface area contributed by atoms with E-state index in [9.17, 15) is 4.79 Å². The number of aromatic nitrogens is 1. The highest BCUT2D eigenvalue weighted by Gasteiger charge is 2.24. The summed E-state index contributed by atoms with van der Waals surface area (Å²) in [6.45, 7) is 3.78. The summed E-state index contributed by atoms with van der Waals surface area (Å²) in [5, 5.41) is 6.00. The smallest absolute Gasteiger partial charge is 0.407 e. The Bertz CT molecular complexity index is 449. The van der Waals surface area contributed by atoms with Crippen LogP contribution in [0.1, 0.15) is 25.1 Å². The van der Waals surface area contributed by atoms with Crippen LogP contribution in [0.4, 0.5) is 10.5 Å². The van der Waals surface area contributed by atoms with E-state index in [4.69, 9.17) is 0 Å². The average molecular weight is 278 g/mol. The van der Waals surface area contributed by atoms with E-state index in [1.165, 1.54) is 7.11 Å². The Labute approximate surface area is 119 Å². The number of anilines is 1. The van der Waals surface area contributed by atoms with E-state index in [2.05, 4.69) is 38.2 Å². The first-order valence-electron chi connectivity index (χ1n) is 6.86. The molecule has 6 nitrogen and oxygen atoms in total. The van der Waals surface area contributed by atoms with E-state index in [0.717, 1.165) is 30.9 Å². The van der Waals surface area contributed by atoms with Crippen LogP contribution in [0, 0.1) is 0 Å². The summed E-state index contributed by atoms with van der Waals surface area (Å²) in [5.41, 5.74) is 2.12. The third-order valence-electron chi connectivity index (χ3n) is 3.71. The summed E-state index contributed by atoms with van der Waals surface area (Å²) in [5.74, 6) is 0. The lowest BCUT2D eigenvalue weighted by Gasteiger charge is -2.19. The van der Waals surface area contributed by atoms with Crippen LogP contribution in [0.15, 0.2) is 18.3 Å². The lowest BCUT2D eigenvalue weighted by molar-refractivity contribution is 0.167. The Hall–Kier alpha value is -1.82. The molecule has 1 amide bonds. The van der Waals surface area contributed by atoms with Crippen molar-refractivity contribution in [3.8, 4) is 0 Å². The lowest BCUT2D eigenvalue weighted by Crippen LogP contribution is -2.36. The van der Waals surface area contributed by atoms with Crippen LogP contribution < -0.4 is 15.5 Å². The molecule has 2 N–H and O–H groups in total. The van der Waals surface area contributed by atoms with Crippen molar-refractivity contribution in [2.45, 2.75) is 25.4 Å². The molecule has 1 aromatic heterocycles. The van der Waals surface area contributed by atoms with Gasteiger partial charge in [-0.1, -0.05) is 0 Å². The fraction of sp³-hybridized carbons (Fsp3) is 0.571. The maximum absolute atomic E-state index is 11.2. The van der Waals surface area contributed by atoms with Crippen LogP contribution in [0.2, 0.25) is 0 Å². The fourth-order valence-corrected chi connectivity index (χ4v) is 2.33. The number of amides is 1. The number of hydrogen-bond donors (Lipinski definition) is 2. The van der Waals surface area contributed by atoms with Crippen molar-refractivity contribution in [2.24, 2.45) is 0 Å². The third kappa shape index (κ3) is 3.39. The highest BCUT2D eigenvalue weighted by Crippen LogP contribution is 2.21. The number of nitrogens with zero attached hydrogens (tertiary/aromatic N) is 2. The van der Waals surface area contributed by atoms with E-state index < -0.39 is 0 Å². The molecule has 2 unspecified atom stereocenters. The number of ether oxygens (including phenoxy) is 1. The first kappa shape index (κ1) is 14.6. The molecule has 1 saturated heterocycles. The monoisotopic (exact) mass is 278 g/mol. The van der Waals surface area contributed by atoms with Crippen molar-refractivity contribution in [3.05, 3.63) is 24.0 Å². The normalized spacial score (nSPS) is 19.8. The molecule has 2 heterocycles. The van der Waals surface area contributed by atoms with Gasteiger partial charge in [-0.2, -0.15) is 0 Å². The van der Waals surface area contributed by atoms with Crippen molar-refractivity contribution < 1.29 is 9.53 Å². The number of rotatable bonds is 4. The van der Waals surface area contributed by atoms with Crippen LogP contribution in [-0.2, 0) is 4.74 Å². The zero-order valence-corrected chi connectivity index (χ0v) is 12.2. The molecule has 0 radical (unpaired) electrons. The number of hydrogen-bond acceptors (Lipinski definition) is 5. The topological polar surface area (TPSA) is 66.5 Å². The Morgan fingerprint density at radius 2 is 2.35 bits per heavy atom. The Morgan fingerprint density at radius 1 is 1.55 bits per heavy atom. The van der Waals surface area contributed by atoms with Gasteiger partial charge in [0.15, 0.2) is 0 Å². The predicted octanol–water partition coefficient (Wildman–Crippen LogP) is 1.30. The minimum atomic E-state index is -0.367. The van der Waals surface area contributed by atoms with E-state index >= 15 is 0 Å². The second kappa shape index (κ2) is 6.56. The van der Waals surface area contributed by atoms with Crippen LogP contribution in [0.3, 0.4) is 0 Å². The lowest BCUT2D eigenvalue weighted by atomic mass is 10.2. The largest absolute Gasteiger partial charge is 0.453 e. The number of alkyl carbamates (subject to hydrolysis) is 1. The van der Waals surface area contributed by atoms with E-state index in [-0.39, 0.29) is 18.2 Å². The number of pyridine rings is 1. The number of carbonyl (C=O) groups is 1. The predicted molar refractivity (Wildman–Crippen MR) is 77.9 cm³/mol. The Balaban J connectivity index is 1.94. The molecule has 1 aliphatic rings. The van der Waals surface area contributed by atoms with Gasteiger partial charge >= 0.3 is 6.09 Å². The first-order chi connectivity index (χ1) is 9.63. The minimum Gasteiger partial charge on any atom is -0.453 e. The standard InChI is InChI=1S/C14H22N4O2/c1-10(15-2)13-5-4-12(8-16-13)18-7-6-11(9-18)17-14(19)20-3/h4-5,8,10-11,15H,6-7,9H2,1-3H3,(H,17,19). The van der Waals surface area contributed by atoms with Crippen molar-refractivity contribution in [3.63, 3.8) is 0 Å². The molecule has 110 valence electrons. The van der Waals surface area contributed by atoms with Crippen molar-refractivity contribution >= 4 is 11.8 Å². The molecule has 0 saturated carbocycles. The molecule has 6 heteroatoms. The molecule has 20 heavy (non-hydrogen) atoms. The Kier molecular flexibility index (Phi) is 4.79. The molecular weight excluding hydrogens is 256 g/mol. The van der Waals surface area contributed by atoms with Crippen LogP contribution in [0.25, 0.3) is 0 Å². The van der Waals surface area contributed by atoms with Gasteiger partial charge in [0.2, 0.25) is 0 Å². The van der Waals surface area contributed by atoms with E-state index in [0.29, 0.717) is 0 Å². The molecule has 0 spiro atoms. The minimum absolute atomic E-state index is 0.137. The van der Waals surface area contributed by atoms with E-state index in [1.54, 1.807) is 0 Å². The SMILES string of the molecule is CNC(C)c1ccc(N2CCC(NC(=O)OC)C2)cn1. The maximum Gasteiger partial charge on any atom is 0.407 e. The molecular formula is C14H22N4O2. The molecule has 0 bridgehead atoms. The van der Waals surface area contributed by atoms with Crippen molar-refractivity contribution in [1.82, 2.24) is 15.6 Å². The van der Waals surface area contributed by atoms with Gasteiger partial charge in [-0.25, -0.2) is 4.79 Å². The summed E-state index contributed by atoms with van der Waals surface area (Å²) in [6.07, 6.45) is 2.45. The summed E-state index contributed by atoms with van der Waals surface area (Å²) in [6, 6.07) is 4.50. The zero-order valence-electron chi connectivity index (χ0n) is 12.2. The molecule has 1 fully saturated rings. The third-order valence-corrected chi connectivity index (χ3v) is 3.71. The number of methoxy groups -OCH3 is 1. The van der Waals surface area contributed by atoms with Crippen LogP contribution in [-0.4, -0.2) is 44.4 Å². The van der Waals surface area contributed by atoms with Crippen molar-refractivity contribution in [1.29, 1.82) is 0 Å². The summed E-state index contributed by atoms with van der Waals surface area (Å²) >= 11 is 0. The quantitative estimate of drug-likeness (QED) is 0.869. The molecule has 1 aromatic rings. The zero-order chi connectivity index (χ0) is 14.5. The van der Waals surface area contributed by atoms with E-state index in [1.807, 2.05) is 19.3 Å². The van der Waals surface area contributed by atoms with Gasteiger partial charge in [-0.15, -0.1) is 0 Å².